The highest BCUT2D eigenvalue weighted by Gasteiger charge is 2.37. The summed E-state index contributed by atoms with van der Waals surface area (Å²) in [5.74, 6) is 0.568. The molecule has 2 atom stereocenters. The molecule has 2 unspecified atom stereocenters. The van der Waals surface area contributed by atoms with Crippen LogP contribution in [0.5, 0.6) is 0 Å². The summed E-state index contributed by atoms with van der Waals surface area (Å²) in [5, 5.41) is 20.4. The van der Waals surface area contributed by atoms with Crippen molar-refractivity contribution < 1.29 is 10.2 Å². The molecule has 0 saturated carbocycles. The van der Waals surface area contributed by atoms with E-state index in [0.717, 1.165) is 5.57 Å². The van der Waals surface area contributed by atoms with Crippen molar-refractivity contribution >= 4 is 0 Å². The van der Waals surface area contributed by atoms with Crippen LogP contribution in [-0.4, -0.2) is 22.4 Å². The number of aliphatic hydroxyl groups is 2. The Labute approximate surface area is 100 Å². The predicted molar refractivity (Wildman–Crippen MR) is 69.2 cm³/mol. The van der Waals surface area contributed by atoms with Gasteiger partial charge in [0, 0.05) is 5.41 Å². The summed E-state index contributed by atoms with van der Waals surface area (Å²) in [4.78, 5) is 0. The van der Waals surface area contributed by atoms with Gasteiger partial charge in [-0.3, -0.25) is 0 Å². The number of aliphatic hydroxyl groups excluding tert-OH is 2. The van der Waals surface area contributed by atoms with Gasteiger partial charge >= 0.3 is 0 Å². The minimum absolute atomic E-state index is 0.150. The molecular weight excluding hydrogens is 200 g/mol. The summed E-state index contributed by atoms with van der Waals surface area (Å²) in [6.07, 6.45) is 0.963. The maximum absolute atomic E-state index is 10.3. The largest absolute Gasteiger partial charge is 0.392 e. The molecule has 2 nitrogen and oxygen atoms in total. The number of hydrogen-bond donors (Lipinski definition) is 2. The van der Waals surface area contributed by atoms with Gasteiger partial charge in [0.1, 0.15) is 0 Å². The fraction of sp³-hybridized carbons (Fsp3) is 0.857. The minimum atomic E-state index is -0.590. The van der Waals surface area contributed by atoms with Crippen LogP contribution in [0.3, 0.4) is 0 Å². The van der Waals surface area contributed by atoms with E-state index >= 15 is 0 Å². The van der Waals surface area contributed by atoms with E-state index in [1.54, 1.807) is 0 Å². The van der Waals surface area contributed by atoms with Crippen molar-refractivity contribution in [3.63, 3.8) is 0 Å². The van der Waals surface area contributed by atoms with E-state index in [0.29, 0.717) is 5.92 Å². The summed E-state index contributed by atoms with van der Waals surface area (Å²) < 4.78 is 0. The third-order valence-corrected chi connectivity index (χ3v) is 3.13. The highest BCUT2D eigenvalue weighted by atomic mass is 16.3. The Balaban J connectivity index is 4.88. The molecule has 0 saturated heterocycles. The van der Waals surface area contributed by atoms with Crippen LogP contribution in [0.4, 0.5) is 0 Å². The van der Waals surface area contributed by atoms with Gasteiger partial charge in [-0.2, -0.15) is 0 Å². The van der Waals surface area contributed by atoms with Crippen molar-refractivity contribution in [2.45, 2.75) is 60.7 Å². The zero-order valence-electron chi connectivity index (χ0n) is 11.8. The van der Waals surface area contributed by atoms with E-state index in [1.165, 1.54) is 0 Å². The first kappa shape index (κ1) is 15.7. The van der Waals surface area contributed by atoms with Gasteiger partial charge in [0.2, 0.25) is 0 Å². The first-order valence-electron chi connectivity index (χ1n) is 6.15. The van der Waals surface area contributed by atoms with Gasteiger partial charge in [-0.15, -0.1) is 0 Å². The molecule has 0 aromatic rings. The zero-order chi connectivity index (χ0) is 13.1. The molecule has 0 rings (SSSR count). The van der Waals surface area contributed by atoms with E-state index in [4.69, 9.17) is 0 Å². The summed E-state index contributed by atoms with van der Waals surface area (Å²) in [5.41, 5.74) is 0.434. The lowest BCUT2D eigenvalue weighted by Gasteiger charge is -2.38. The fourth-order valence-electron chi connectivity index (χ4n) is 2.22. The predicted octanol–water partition coefficient (Wildman–Crippen LogP) is 2.99. The molecular formula is C14H28O2. The Morgan fingerprint density at radius 3 is 1.81 bits per heavy atom. The standard InChI is InChI=1S/C14H28O2/c1-9(2)8-11(5)13(16)14(6,7)12(15)10(3)4/h8-10,12-13,15-16H,1-7H3/b11-8+. The second kappa shape index (κ2) is 5.83. The number of allylic oxidation sites excluding steroid dienone is 1. The van der Waals surface area contributed by atoms with Crippen LogP contribution in [0.15, 0.2) is 11.6 Å². The molecule has 0 spiro atoms. The van der Waals surface area contributed by atoms with Gasteiger partial charge < -0.3 is 10.2 Å². The van der Waals surface area contributed by atoms with Crippen molar-refractivity contribution in [1.29, 1.82) is 0 Å². The highest BCUT2D eigenvalue weighted by Crippen LogP contribution is 2.33. The molecule has 0 aromatic heterocycles. The first-order chi connectivity index (χ1) is 7.10. The zero-order valence-corrected chi connectivity index (χ0v) is 11.8. The Morgan fingerprint density at radius 1 is 1.06 bits per heavy atom. The van der Waals surface area contributed by atoms with Crippen LogP contribution >= 0.6 is 0 Å². The quantitative estimate of drug-likeness (QED) is 0.710. The summed E-state index contributed by atoms with van der Waals surface area (Å²) in [6.45, 7) is 13.9. The Kier molecular flexibility index (Phi) is 5.71. The number of rotatable bonds is 5. The normalized spacial score (nSPS) is 18.1. The SMILES string of the molecule is C/C(=C\C(C)C)C(O)C(C)(C)C(O)C(C)C. The van der Waals surface area contributed by atoms with Crippen molar-refractivity contribution in [1.82, 2.24) is 0 Å². The second-order valence-corrected chi connectivity index (χ2v) is 6.07. The molecule has 0 aromatic carbocycles. The van der Waals surface area contributed by atoms with Crippen LogP contribution in [0.25, 0.3) is 0 Å². The van der Waals surface area contributed by atoms with Crippen LogP contribution in [-0.2, 0) is 0 Å². The lowest BCUT2D eigenvalue weighted by atomic mass is 9.74. The molecule has 0 radical (unpaired) electrons. The third kappa shape index (κ3) is 3.91. The minimum Gasteiger partial charge on any atom is -0.392 e. The molecule has 0 fully saturated rings. The van der Waals surface area contributed by atoms with Crippen LogP contribution in [0.2, 0.25) is 0 Å². The third-order valence-electron chi connectivity index (χ3n) is 3.13. The van der Waals surface area contributed by atoms with Gasteiger partial charge in [0.05, 0.1) is 12.2 Å². The molecule has 16 heavy (non-hydrogen) atoms. The molecule has 0 bridgehead atoms. The van der Waals surface area contributed by atoms with Gasteiger partial charge in [-0.1, -0.05) is 47.6 Å². The second-order valence-electron chi connectivity index (χ2n) is 6.07. The highest BCUT2D eigenvalue weighted by molar-refractivity contribution is 5.11. The summed E-state index contributed by atoms with van der Waals surface area (Å²) in [6, 6.07) is 0. The van der Waals surface area contributed by atoms with Gasteiger partial charge in [-0.25, -0.2) is 0 Å². The van der Waals surface area contributed by atoms with E-state index in [-0.39, 0.29) is 5.92 Å². The van der Waals surface area contributed by atoms with E-state index in [2.05, 4.69) is 19.9 Å². The Hall–Kier alpha value is -0.340. The van der Waals surface area contributed by atoms with Gasteiger partial charge in [0.25, 0.3) is 0 Å². The van der Waals surface area contributed by atoms with Crippen molar-refractivity contribution in [2.24, 2.45) is 17.3 Å². The monoisotopic (exact) mass is 228 g/mol. The van der Waals surface area contributed by atoms with Crippen molar-refractivity contribution in [2.75, 3.05) is 0 Å². The first-order valence-corrected chi connectivity index (χ1v) is 6.15. The molecule has 0 aliphatic rings. The lowest BCUT2D eigenvalue weighted by molar-refractivity contribution is -0.0530. The smallest absolute Gasteiger partial charge is 0.0823 e. The van der Waals surface area contributed by atoms with Crippen LogP contribution < -0.4 is 0 Å². The molecule has 0 aliphatic heterocycles. The average molecular weight is 228 g/mol. The molecule has 0 heterocycles. The van der Waals surface area contributed by atoms with Crippen molar-refractivity contribution in [3.8, 4) is 0 Å². The molecule has 96 valence electrons. The van der Waals surface area contributed by atoms with Crippen LogP contribution in [0.1, 0.15) is 48.5 Å². The summed E-state index contributed by atoms with van der Waals surface area (Å²) >= 11 is 0. The van der Waals surface area contributed by atoms with E-state index < -0.39 is 17.6 Å². The molecule has 0 amide bonds. The molecule has 2 N–H and O–H groups in total. The maximum Gasteiger partial charge on any atom is 0.0823 e. The van der Waals surface area contributed by atoms with Gasteiger partial charge in [0.15, 0.2) is 0 Å². The Bertz CT molecular complexity index is 239. The topological polar surface area (TPSA) is 40.5 Å². The fourth-order valence-corrected chi connectivity index (χ4v) is 2.22. The summed E-state index contributed by atoms with van der Waals surface area (Å²) in [7, 11) is 0. The lowest BCUT2D eigenvalue weighted by Crippen LogP contribution is -2.43. The van der Waals surface area contributed by atoms with E-state index in [9.17, 15) is 10.2 Å². The average Bonchev–Trinajstić information content (AvgIpc) is 2.13. The molecule has 0 aliphatic carbocycles. The molecule has 2 heteroatoms. The maximum atomic E-state index is 10.3. The van der Waals surface area contributed by atoms with Gasteiger partial charge in [-0.05, 0) is 24.3 Å². The Morgan fingerprint density at radius 2 is 1.50 bits per heavy atom. The number of hydrogen-bond acceptors (Lipinski definition) is 2. The van der Waals surface area contributed by atoms with Crippen LogP contribution in [0, 0.1) is 17.3 Å². The van der Waals surface area contributed by atoms with Crippen molar-refractivity contribution in [3.05, 3.63) is 11.6 Å². The van der Waals surface area contributed by atoms with E-state index in [1.807, 2.05) is 34.6 Å².